The van der Waals surface area contributed by atoms with Gasteiger partial charge in [-0.3, -0.25) is 4.68 Å². The van der Waals surface area contributed by atoms with Gasteiger partial charge in [0.15, 0.2) is 5.69 Å². The summed E-state index contributed by atoms with van der Waals surface area (Å²) >= 11 is 0. The van der Waals surface area contributed by atoms with Crippen molar-refractivity contribution in [3.05, 3.63) is 11.9 Å². The molecule has 0 saturated heterocycles. The highest BCUT2D eigenvalue weighted by Crippen LogP contribution is 2.11. The Kier molecular flexibility index (Phi) is 6.21. The van der Waals surface area contributed by atoms with Crippen molar-refractivity contribution in [3.8, 4) is 0 Å². The lowest BCUT2D eigenvalue weighted by molar-refractivity contribution is 0.0303. The average Bonchev–Trinajstić information content (AvgIpc) is 2.74. The molecule has 0 aliphatic rings. The number of rotatable bonds is 8. The molecule has 0 saturated carbocycles. The Hall–Kier alpha value is -1.56. The molecule has 0 spiro atoms. The smallest absolute Gasteiger partial charge is 0.358 e. The Morgan fingerprint density at radius 2 is 2.17 bits per heavy atom. The second kappa shape index (κ2) is 7.71. The predicted molar refractivity (Wildman–Crippen MR) is 68.3 cm³/mol. The van der Waals surface area contributed by atoms with Crippen LogP contribution in [-0.4, -0.2) is 35.6 Å². The van der Waals surface area contributed by atoms with Gasteiger partial charge in [0.25, 0.3) is 0 Å². The van der Waals surface area contributed by atoms with Crippen molar-refractivity contribution >= 4 is 11.7 Å². The van der Waals surface area contributed by atoms with Crippen LogP contribution in [0.25, 0.3) is 0 Å². The summed E-state index contributed by atoms with van der Waals surface area (Å²) in [5, 5.41) is 3.98. The Morgan fingerprint density at radius 3 is 2.83 bits per heavy atom. The van der Waals surface area contributed by atoms with E-state index >= 15 is 0 Å². The van der Waals surface area contributed by atoms with Crippen LogP contribution in [0, 0.1) is 0 Å². The van der Waals surface area contributed by atoms with E-state index in [2.05, 4.69) is 12.0 Å². The zero-order valence-electron chi connectivity index (χ0n) is 11.0. The van der Waals surface area contributed by atoms with E-state index in [1.807, 2.05) is 6.92 Å². The van der Waals surface area contributed by atoms with Crippen LogP contribution >= 0.6 is 0 Å². The van der Waals surface area contributed by atoms with Crippen LogP contribution in [0.15, 0.2) is 6.20 Å². The van der Waals surface area contributed by atoms with Crippen molar-refractivity contribution in [2.75, 3.05) is 25.6 Å². The average molecular weight is 255 g/mol. The van der Waals surface area contributed by atoms with Crippen molar-refractivity contribution in [1.29, 1.82) is 0 Å². The van der Waals surface area contributed by atoms with Gasteiger partial charge in [-0.1, -0.05) is 13.3 Å². The van der Waals surface area contributed by atoms with Crippen LogP contribution in [0.3, 0.4) is 0 Å². The fourth-order valence-electron chi connectivity index (χ4n) is 1.47. The largest absolute Gasteiger partial charge is 0.458 e. The van der Waals surface area contributed by atoms with Crippen LogP contribution in [0.2, 0.25) is 0 Å². The molecule has 0 atom stereocenters. The van der Waals surface area contributed by atoms with Gasteiger partial charge < -0.3 is 15.2 Å². The van der Waals surface area contributed by atoms with Crippen LogP contribution in [0.1, 0.15) is 37.2 Å². The standard InChI is InChI=1S/C12H21N3O3/c1-3-5-6-17-7-8-18-12(16)11-10(13)9-14-15(11)4-2/h9H,3-8,13H2,1-2H3. The third kappa shape index (κ3) is 4.03. The van der Waals surface area contributed by atoms with E-state index < -0.39 is 5.97 Å². The molecule has 0 aliphatic heterocycles. The van der Waals surface area contributed by atoms with Crippen LogP contribution in [0.5, 0.6) is 0 Å². The monoisotopic (exact) mass is 255 g/mol. The van der Waals surface area contributed by atoms with Crippen molar-refractivity contribution in [2.45, 2.75) is 33.2 Å². The van der Waals surface area contributed by atoms with Gasteiger partial charge in [-0.15, -0.1) is 0 Å². The zero-order chi connectivity index (χ0) is 13.4. The van der Waals surface area contributed by atoms with Crippen LogP contribution < -0.4 is 5.73 Å². The normalized spacial score (nSPS) is 10.6. The third-order valence-electron chi connectivity index (χ3n) is 2.46. The summed E-state index contributed by atoms with van der Waals surface area (Å²) in [5.41, 5.74) is 6.32. The number of hydrogen-bond donors (Lipinski definition) is 1. The SMILES string of the molecule is CCCCOCCOC(=O)c1c(N)cnn1CC. The zero-order valence-corrected chi connectivity index (χ0v) is 11.0. The second-order valence-electron chi connectivity index (χ2n) is 3.87. The molecule has 0 amide bonds. The molecular formula is C12H21N3O3. The van der Waals surface area contributed by atoms with E-state index in [1.165, 1.54) is 10.9 Å². The maximum absolute atomic E-state index is 11.8. The van der Waals surface area contributed by atoms with Gasteiger partial charge >= 0.3 is 5.97 Å². The first-order valence-electron chi connectivity index (χ1n) is 6.26. The number of unbranched alkanes of at least 4 members (excludes halogenated alkanes) is 1. The minimum atomic E-state index is -0.453. The first kappa shape index (κ1) is 14.5. The number of aryl methyl sites for hydroxylation is 1. The number of hydrogen-bond acceptors (Lipinski definition) is 5. The Labute approximate surface area is 107 Å². The summed E-state index contributed by atoms with van der Waals surface area (Å²) in [6, 6.07) is 0. The molecule has 0 radical (unpaired) electrons. The number of aromatic nitrogens is 2. The van der Waals surface area contributed by atoms with Crippen molar-refractivity contribution in [1.82, 2.24) is 9.78 Å². The van der Waals surface area contributed by atoms with Crippen molar-refractivity contribution in [3.63, 3.8) is 0 Å². The molecule has 0 unspecified atom stereocenters. The Morgan fingerprint density at radius 1 is 1.39 bits per heavy atom. The highest BCUT2D eigenvalue weighted by Gasteiger charge is 2.17. The van der Waals surface area contributed by atoms with Crippen LogP contribution in [-0.2, 0) is 16.0 Å². The number of esters is 1. The number of ether oxygens (including phenoxy) is 2. The summed E-state index contributed by atoms with van der Waals surface area (Å²) in [6.07, 6.45) is 3.56. The van der Waals surface area contributed by atoms with Gasteiger partial charge in [0, 0.05) is 13.2 Å². The molecular weight excluding hydrogens is 234 g/mol. The number of nitrogens with zero attached hydrogens (tertiary/aromatic N) is 2. The molecule has 6 heteroatoms. The maximum atomic E-state index is 11.8. The lowest BCUT2D eigenvalue weighted by Gasteiger charge is -2.07. The maximum Gasteiger partial charge on any atom is 0.358 e. The van der Waals surface area contributed by atoms with E-state index in [0.29, 0.717) is 31.1 Å². The van der Waals surface area contributed by atoms with E-state index in [0.717, 1.165) is 12.8 Å². The summed E-state index contributed by atoms with van der Waals surface area (Å²) < 4.78 is 11.9. The highest BCUT2D eigenvalue weighted by molar-refractivity contribution is 5.93. The number of carbonyl (C=O) groups excluding carboxylic acids is 1. The lowest BCUT2D eigenvalue weighted by Crippen LogP contribution is -2.16. The fourth-order valence-corrected chi connectivity index (χ4v) is 1.47. The fraction of sp³-hybridized carbons (Fsp3) is 0.667. The Balaban J connectivity index is 2.34. The Bertz CT molecular complexity index is 377. The van der Waals surface area contributed by atoms with E-state index in [1.54, 1.807) is 0 Å². The predicted octanol–water partition coefficient (Wildman–Crippen LogP) is 1.46. The minimum absolute atomic E-state index is 0.233. The van der Waals surface area contributed by atoms with E-state index in [-0.39, 0.29) is 6.61 Å². The molecule has 102 valence electrons. The topological polar surface area (TPSA) is 79.4 Å². The van der Waals surface area contributed by atoms with Gasteiger partial charge in [-0.25, -0.2) is 4.79 Å². The molecule has 0 aromatic carbocycles. The molecule has 1 aromatic rings. The quantitative estimate of drug-likeness (QED) is 0.562. The number of carbonyl (C=O) groups is 1. The van der Waals surface area contributed by atoms with Crippen molar-refractivity contribution in [2.24, 2.45) is 0 Å². The number of nitrogens with two attached hydrogens (primary N) is 1. The molecule has 0 aliphatic carbocycles. The summed E-state index contributed by atoms with van der Waals surface area (Å²) in [5.74, 6) is -0.453. The van der Waals surface area contributed by atoms with E-state index in [4.69, 9.17) is 15.2 Å². The molecule has 1 aromatic heterocycles. The molecule has 0 bridgehead atoms. The molecule has 6 nitrogen and oxygen atoms in total. The van der Waals surface area contributed by atoms with Gasteiger partial charge in [0.1, 0.15) is 6.61 Å². The molecule has 1 rings (SSSR count). The number of nitrogen functional groups attached to an aromatic ring is 1. The molecule has 2 N–H and O–H groups in total. The third-order valence-corrected chi connectivity index (χ3v) is 2.46. The first-order chi connectivity index (χ1) is 8.70. The summed E-state index contributed by atoms with van der Waals surface area (Å²) in [4.78, 5) is 11.8. The van der Waals surface area contributed by atoms with Gasteiger partial charge in [-0.05, 0) is 13.3 Å². The minimum Gasteiger partial charge on any atom is -0.458 e. The molecule has 0 fully saturated rings. The second-order valence-corrected chi connectivity index (χ2v) is 3.87. The van der Waals surface area contributed by atoms with Crippen LogP contribution in [0.4, 0.5) is 5.69 Å². The highest BCUT2D eigenvalue weighted by atomic mass is 16.6. The summed E-state index contributed by atoms with van der Waals surface area (Å²) in [7, 11) is 0. The molecule has 18 heavy (non-hydrogen) atoms. The molecule has 1 heterocycles. The number of anilines is 1. The van der Waals surface area contributed by atoms with Gasteiger partial charge in [-0.2, -0.15) is 5.10 Å². The van der Waals surface area contributed by atoms with Gasteiger partial charge in [0.2, 0.25) is 0 Å². The first-order valence-corrected chi connectivity index (χ1v) is 6.26. The van der Waals surface area contributed by atoms with Crippen molar-refractivity contribution < 1.29 is 14.3 Å². The van der Waals surface area contributed by atoms with E-state index in [9.17, 15) is 4.79 Å². The van der Waals surface area contributed by atoms with Gasteiger partial charge in [0.05, 0.1) is 18.5 Å². The lowest BCUT2D eigenvalue weighted by atomic mass is 10.3. The summed E-state index contributed by atoms with van der Waals surface area (Å²) in [6.45, 7) is 5.90.